The van der Waals surface area contributed by atoms with Gasteiger partial charge in [-0.3, -0.25) is 9.59 Å². The van der Waals surface area contributed by atoms with Crippen molar-refractivity contribution in [2.24, 2.45) is 0 Å². The number of hydrogen-bond donors (Lipinski definition) is 4. The minimum atomic E-state index is -1.20. The van der Waals surface area contributed by atoms with E-state index in [0.717, 1.165) is 35.4 Å². The van der Waals surface area contributed by atoms with Gasteiger partial charge >= 0.3 is 11.9 Å². The summed E-state index contributed by atoms with van der Waals surface area (Å²) in [5, 5.41) is 22.4. The molecule has 0 aliphatic carbocycles. The standard InChI is InChI=1S/C35H30N2O8/c1-35(2,23-6-12-27(13-7-23)44-28-14-8-25(9-15-28)36-31(38)18-20-33(40)41)24-4-3-5-30(22-24)45-29-16-10-26(11-17-29)37-32(39)19-21-34(42)43/h3-22H,1-2H3,(H,36,38)(H,37,39)(H,40,41)(H,42,43)/b20-18+,21-19+. The third-order valence-electron chi connectivity index (χ3n) is 6.60. The van der Waals surface area contributed by atoms with Gasteiger partial charge in [0.2, 0.25) is 11.8 Å². The van der Waals surface area contributed by atoms with E-state index in [0.29, 0.717) is 34.4 Å². The molecule has 0 spiro atoms. The first kappa shape index (κ1) is 31.8. The number of carboxylic acids is 2. The van der Waals surface area contributed by atoms with Crippen molar-refractivity contribution >= 4 is 35.1 Å². The van der Waals surface area contributed by atoms with E-state index in [2.05, 4.69) is 24.5 Å². The van der Waals surface area contributed by atoms with Crippen molar-refractivity contribution in [2.45, 2.75) is 19.3 Å². The second-order valence-electron chi connectivity index (χ2n) is 10.3. The molecule has 0 unspecified atom stereocenters. The van der Waals surface area contributed by atoms with Crippen LogP contribution in [0.15, 0.2) is 121 Å². The summed E-state index contributed by atoms with van der Waals surface area (Å²) in [6.07, 6.45) is 3.42. The first-order valence-electron chi connectivity index (χ1n) is 13.7. The summed E-state index contributed by atoms with van der Waals surface area (Å²) in [5.41, 5.74) is 2.71. The topological polar surface area (TPSA) is 151 Å². The third kappa shape index (κ3) is 9.42. The number of ether oxygens (including phenoxy) is 2. The molecule has 0 atom stereocenters. The molecule has 45 heavy (non-hydrogen) atoms. The fourth-order valence-electron chi connectivity index (χ4n) is 4.20. The maximum atomic E-state index is 11.8. The van der Waals surface area contributed by atoms with E-state index in [1.165, 1.54) is 0 Å². The van der Waals surface area contributed by atoms with E-state index >= 15 is 0 Å². The Morgan fingerprint density at radius 3 is 1.42 bits per heavy atom. The van der Waals surface area contributed by atoms with Crippen LogP contribution >= 0.6 is 0 Å². The second kappa shape index (κ2) is 14.3. The smallest absolute Gasteiger partial charge is 0.328 e. The number of carboxylic acid groups (broad SMARTS) is 2. The molecule has 4 N–H and O–H groups in total. The van der Waals surface area contributed by atoms with Crippen LogP contribution in [0, 0.1) is 0 Å². The first-order valence-corrected chi connectivity index (χ1v) is 13.7. The first-order chi connectivity index (χ1) is 21.5. The average Bonchev–Trinajstić information content (AvgIpc) is 3.01. The molecule has 0 heterocycles. The maximum absolute atomic E-state index is 11.8. The number of carbonyl (C=O) groups excluding carboxylic acids is 2. The van der Waals surface area contributed by atoms with Crippen LogP contribution < -0.4 is 20.1 Å². The zero-order valence-electron chi connectivity index (χ0n) is 24.4. The lowest BCUT2D eigenvalue weighted by molar-refractivity contribution is -0.132. The molecule has 0 aliphatic heterocycles. The molecule has 4 rings (SSSR count). The van der Waals surface area contributed by atoms with Gasteiger partial charge < -0.3 is 30.3 Å². The van der Waals surface area contributed by atoms with E-state index in [-0.39, 0.29) is 5.41 Å². The second-order valence-corrected chi connectivity index (χ2v) is 10.3. The molecule has 10 nitrogen and oxygen atoms in total. The zero-order valence-corrected chi connectivity index (χ0v) is 24.4. The summed E-state index contributed by atoms with van der Waals surface area (Å²) in [7, 11) is 0. The Hall–Kier alpha value is -6.16. The lowest BCUT2D eigenvalue weighted by atomic mass is 9.78. The molecule has 2 amide bonds. The number of anilines is 2. The van der Waals surface area contributed by atoms with Crippen molar-refractivity contribution in [3.8, 4) is 23.0 Å². The molecule has 0 fully saturated rings. The Labute approximate surface area is 259 Å². The van der Waals surface area contributed by atoms with Gasteiger partial charge in [-0.25, -0.2) is 9.59 Å². The molecule has 0 aromatic heterocycles. The lowest BCUT2D eigenvalue weighted by Gasteiger charge is -2.27. The quantitative estimate of drug-likeness (QED) is 0.129. The van der Waals surface area contributed by atoms with Crippen molar-refractivity contribution in [3.05, 3.63) is 132 Å². The highest BCUT2D eigenvalue weighted by molar-refractivity contribution is 6.03. The monoisotopic (exact) mass is 606 g/mol. The molecule has 0 aliphatic rings. The number of carbonyl (C=O) groups is 4. The van der Waals surface area contributed by atoms with Crippen molar-refractivity contribution in [1.29, 1.82) is 0 Å². The Balaban J connectivity index is 1.37. The third-order valence-corrected chi connectivity index (χ3v) is 6.60. The molecule has 0 saturated carbocycles. The minimum Gasteiger partial charge on any atom is -0.478 e. The summed E-state index contributed by atoms with van der Waals surface area (Å²) in [5.74, 6) is -1.10. The normalized spacial score (nSPS) is 11.2. The molecule has 10 heteroatoms. The van der Waals surface area contributed by atoms with Crippen LogP contribution in [-0.2, 0) is 24.6 Å². The summed E-state index contributed by atoms with van der Waals surface area (Å²) in [4.78, 5) is 44.7. The largest absolute Gasteiger partial charge is 0.478 e. The van der Waals surface area contributed by atoms with Crippen LogP contribution in [0.4, 0.5) is 11.4 Å². The number of hydrogen-bond acceptors (Lipinski definition) is 6. The molecular formula is C35H30N2O8. The van der Waals surface area contributed by atoms with Gasteiger partial charge in [0, 0.05) is 41.1 Å². The van der Waals surface area contributed by atoms with Gasteiger partial charge in [0.15, 0.2) is 0 Å². The van der Waals surface area contributed by atoms with E-state index in [4.69, 9.17) is 19.7 Å². The fraction of sp³-hybridized carbons (Fsp3) is 0.0857. The predicted molar refractivity (Wildman–Crippen MR) is 169 cm³/mol. The molecule has 0 radical (unpaired) electrons. The van der Waals surface area contributed by atoms with Gasteiger partial charge in [0.25, 0.3) is 0 Å². The average molecular weight is 607 g/mol. The maximum Gasteiger partial charge on any atom is 0.328 e. The van der Waals surface area contributed by atoms with Gasteiger partial charge in [-0.15, -0.1) is 0 Å². The molecular weight excluding hydrogens is 576 g/mol. The van der Waals surface area contributed by atoms with Crippen LogP contribution in [0.5, 0.6) is 23.0 Å². The SMILES string of the molecule is CC(C)(c1ccc(Oc2ccc(NC(=O)/C=C/C(=O)O)cc2)cc1)c1cccc(Oc2ccc(NC(=O)/C=C/C(=O)O)cc2)c1. The van der Waals surface area contributed by atoms with Crippen LogP contribution in [0.3, 0.4) is 0 Å². The van der Waals surface area contributed by atoms with Gasteiger partial charge in [0.05, 0.1) is 0 Å². The molecule has 0 bridgehead atoms. The Bertz CT molecular complexity index is 1740. The van der Waals surface area contributed by atoms with Gasteiger partial charge in [0.1, 0.15) is 23.0 Å². The van der Waals surface area contributed by atoms with E-state index < -0.39 is 23.8 Å². The lowest BCUT2D eigenvalue weighted by Crippen LogP contribution is -2.18. The van der Waals surface area contributed by atoms with E-state index in [9.17, 15) is 19.2 Å². The van der Waals surface area contributed by atoms with E-state index in [1.54, 1.807) is 48.5 Å². The Morgan fingerprint density at radius 1 is 0.556 bits per heavy atom. The number of benzene rings is 4. The highest BCUT2D eigenvalue weighted by atomic mass is 16.5. The van der Waals surface area contributed by atoms with Crippen LogP contribution in [0.2, 0.25) is 0 Å². The number of nitrogens with one attached hydrogen (secondary N) is 2. The highest BCUT2D eigenvalue weighted by Crippen LogP contribution is 2.35. The number of rotatable bonds is 12. The molecule has 228 valence electrons. The van der Waals surface area contributed by atoms with Crippen LogP contribution in [0.25, 0.3) is 0 Å². The fourth-order valence-corrected chi connectivity index (χ4v) is 4.20. The molecule has 0 saturated heterocycles. The van der Waals surface area contributed by atoms with Gasteiger partial charge in [-0.2, -0.15) is 0 Å². The van der Waals surface area contributed by atoms with E-state index in [1.807, 2.05) is 48.5 Å². The van der Waals surface area contributed by atoms with Crippen LogP contribution in [-0.4, -0.2) is 34.0 Å². The Morgan fingerprint density at radius 2 is 0.978 bits per heavy atom. The minimum absolute atomic E-state index is 0.371. The van der Waals surface area contributed by atoms with Gasteiger partial charge in [-0.1, -0.05) is 38.1 Å². The number of amides is 2. The molecule has 4 aromatic carbocycles. The molecule has 4 aromatic rings. The van der Waals surface area contributed by atoms with Gasteiger partial charge in [-0.05, 0) is 83.9 Å². The predicted octanol–water partition coefficient (Wildman–Crippen LogP) is 6.76. The van der Waals surface area contributed by atoms with Crippen molar-refractivity contribution < 1.29 is 38.9 Å². The zero-order chi connectivity index (χ0) is 32.4. The Kier molecular flexibility index (Phi) is 10.1. The summed E-state index contributed by atoms with van der Waals surface area (Å²) in [6, 6.07) is 28.9. The van der Waals surface area contributed by atoms with Crippen molar-refractivity contribution in [1.82, 2.24) is 0 Å². The number of aliphatic carboxylic acids is 2. The van der Waals surface area contributed by atoms with Crippen LogP contribution in [0.1, 0.15) is 25.0 Å². The summed E-state index contributed by atoms with van der Waals surface area (Å²) < 4.78 is 12.0. The summed E-state index contributed by atoms with van der Waals surface area (Å²) >= 11 is 0. The summed E-state index contributed by atoms with van der Waals surface area (Å²) in [6.45, 7) is 4.22. The van der Waals surface area contributed by atoms with Crippen molar-refractivity contribution in [2.75, 3.05) is 10.6 Å². The highest BCUT2D eigenvalue weighted by Gasteiger charge is 2.24. The van der Waals surface area contributed by atoms with Crippen molar-refractivity contribution in [3.63, 3.8) is 0 Å².